The molecule has 5 nitrogen and oxygen atoms in total. The highest BCUT2D eigenvalue weighted by molar-refractivity contribution is 6.30. The van der Waals surface area contributed by atoms with Crippen LogP contribution in [0, 0.1) is 11.3 Å². The summed E-state index contributed by atoms with van der Waals surface area (Å²) >= 11 is 5.94. The molecular formula is C20H28ClNO4. The third kappa shape index (κ3) is 4.70. The summed E-state index contributed by atoms with van der Waals surface area (Å²) in [6, 6.07) is 5.06. The molecule has 1 fully saturated rings. The first-order chi connectivity index (χ1) is 12.1. The number of rotatable bonds is 5. The Hall–Kier alpha value is -1.75. The molecule has 0 unspecified atom stereocenters. The van der Waals surface area contributed by atoms with E-state index in [4.69, 9.17) is 16.3 Å². The Morgan fingerprint density at radius 2 is 1.92 bits per heavy atom. The van der Waals surface area contributed by atoms with Crippen LogP contribution in [0.4, 0.5) is 0 Å². The SMILES string of the molecule is COc1cc(Cl)ccc1CC(=O)NC1(C(=O)O)CCC(C(C)(C)C)CC1. The van der Waals surface area contributed by atoms with Gasteiger partial charge in [-0.1, -0.05) is 38.4 Å². The number of hydrogen-bond donors (Lipinski definition) is 2. The summed E-state index contributed by atoms with van der Waals surface area (Å²) in [5.74, 6) is -0.291. The first-order valence-electron chi connectivity index (χ1n) is 8.94. The highest BCUT2D eigenvalue weighted by atomic mass is 35.5. The van der Waals surface area contributed by atoms with Gasteiger partial charge in [0, 0.05) is 10.6 Å². The normalized spacial score (nSPS) is 23.3. The lowest BCUT2D eigenvalue weighted by molar-refractivity contribution is -0.150. The molecule has 1 aliphatic rings. The molecule has 6 heteroatoms. The number of carbonyl (C=O) groups excluding carboxylic acids is 1. The summed E-state index contributed by atoms with van der Waals surface area (Å²) in [5, 5.41) is 13.1. The molecule has 2 rings (SSSR count). The molecule has 0 bridgehead atoms. The number of benzene rings is 1. The number of halogens is 1. The summed E-state index contributed by atoms with van der Waals surface area (Å²) in [7, 11) is 1.51. The molecule has 2 N–H and O–H groups in total. The van der Waals surface area contributed by atoms with Crippen LogP contribution in [-0.4, -0.2) is 29.6 Å². The van der Waals surface area contributed by atoms with Crippen LogP contribution < -0.4 is 10.1 Å². The van der Waals surface area contributed by atoms with Gasteiger partial charge >= 0.3 is 5.97 Å². The molecule has 0 radical (unpaired) electrons. The second-order valence-corrected chi connectivity index (χ2v) is 8.65. The predicted molar refractivity (Wildman–Crippen MR) is 102 cm³/mol. The van der Waals surface area contributed by atoms with E-state index in [1.807, 2.05) is 0 Å². The molecule has 0 aliphatic heterocycles. The Balaban J connectivity index is 2.09. The zero-order valence-corrected chi connectivity index (χ0v) is 16.7. The van der Waals surface area contributed by atoms with E-state index < -0.39 is 11.5 Å². The van der Waals surface area contributed by atoms with Crippen LogP contribution in [0.5, 0.6) is 5.75 Å². The number of ether oxygens (including phenoxy) is 1. The summed E-state index contributed by atoms with van der Waals surface area (Å²) in [6.07, 6.45) is 2.54. The molecule has 1 saturated carbocycles. The van der Waals surface area contributed by atoms with Gasteiger partial charge in [0.15, 0.2) is 0 Å². The number of aliphatic carboxylic acids is 1. The maximum absolute atomic E-state index is 12.6. The molecule has 1 aromatic rings. The Morgan fingerprint density at radius 1 is 1.31 bits per heavy atom. The average Bonchev–Trinajstić information content (AvgIpc) is 2.55. The molecule has 0 saturated heterocycles. The molecule has 0 spiro atoms. The van der Waals surface area contributed by atoms with Gasteiger partial charge in [-0.05, 0) is 49.1 Å². The maximum Gasteiger partial charge on any atom is 0.329 e. The monoisotopic (exact) mass is 381 g/mol. The van der Waals surface area contributed by atoms with Crippen molar-refractivity contribution < 1.29 is 19.4 Å². The molecule has 1 aliphatic carbocycles. The fourth-order valence-electron chi connectivity index (χ4n) is 3.72. The summed E-state index contributed by atoms with van der Waals surface area (Å²) in [4.78, 5) is 24.5. The Kier molecular flexibility index (Phi) is 6.22. The highest BCUT2D eigenvalue weighted by Crippen LogP contribution is 2.41. The Labute approximate surface area is 160 Å². The largest absolute Gasteiger partial charge is 0.496 e. The van der Waals surface area contributed by atoms with Gasteiger partial charge in [0.2, 0.25) is 5.91 Å². The summed E-state index contributed by atoms with van der Waals surface area (Å²) in [5.41, 5.74) is -0.359. The van der Waals surface area contributed by atoms with E-state index in [1.54, 1.807) is 18.2 Å². The van der Waals surface area contributed by atoms with Crippen LogP contribution in [0.3, 0.4) is 0 Å². The molecule has 144 valence electrons. The molecular weight excluding hydrogens is 354 g/mol. The van der Waals surface area contributed by atoms with Crippen LogP contribution in [0.15, 0.2) is 18.2 Å². The van der Waals surface area contributed by atoms with Gasteiger partial charge in [0.25, 0.3) is 0 Å². The van der Waals surface area contributed by atoms with Crippen molar-refractivity contribution in [2.45, 2.75) is 58.4 Å². The maximum atomic E-state index is 12.6. The van der Waals surface area contributed by atoms with E-state index in [1.165, 1.54) is 7.11 Å². The van der Waals surface area contributed by atoms with Crippen molar-refractivity contribution in [2.24, 2.45) is 11.3 Å². The van der Waals surface area contributed by atoms with E-state index >= 15 is 0 Å². The van der Waals surface area contributed by atoms with Crippen LogP contribution in [0.2, 0.25) is 5.02 Å². The van der Waals surface area contributed by atoms with E-state index in [0.29, 0.717) is 35.1 Å². The minimum absolute atomic E-state index is 0.0536. The van der Waals surface area contributed by atoms with Crippen LogP contribution in [-0.2, 0) is 16.0 Å². The molecule has 26 heavy (non-hydrogen) atoms. The molecule has 1 aromatic carbocycles. The molecule has 0 heterocycles. The van der Waals surface area contributed by atoms with Gasteiger partial charge < -0.3 is 15.2 Å². The van der Waals surface area contributed by atoms with Crippen LogP contribution >= 0.6 is 11.6 Å². The van der Waals surface area contributed by atoms with Gasteiger partial charge in [-0.25, -0.2) is 4.79 Å². The molecule has 1 amide bonds. The van der Waals surface area contributed by atoms with Crippen molar-refractivity contribution in [1.29, 1.82) is 0 Å². The number of methoxy groups -OCH3 is 1. The lowest BCUT2D eigenvalue weighted by atomic mass is 9.67. The number of nitrogens with one attached hydrogen (secondary N) is 1. The van der Waals surface area contributed by atoms with Crippen molar-refractivity contribution in [3.63, 3.8) is 0 Å². The van der Waals surface area contributed by atoms with E-state index in [0.717, 1.165) is 12.8 Å². The van der Waals surface area contributed by atoms with E-state index in [2.05, 4.69) is 26.1 Å². The molecule has 0 aromatic heterocycles. The molecule has 0 atom stereocenters. The van der Waals surface area contributed by atoms with Crippen LogP contribution in [0.1, 0.15) is 52.0 Å². The predicted octanol–water partition coefficient (Wildman–Crippen LogP) is 4.07. The number of amides is 1. The summed E-state index contributed by atoms with van der Waals surface area (Å²) < 4.78 is 5.26. The number of hydrogen-bond acceptors (Lipinski definition) is 3. The Bertz CT molecular complexity index is 673. The third-order valence-corrected chi connectivity index (χ3v) is 5.69. The zero-order chi connectivity index (χ0) is 19.5. The van der Waals surface area contributed by atoms with Gasteiger partial charge in [-0.2, -0.15) is 0 Å². The van der Waals surface area contributed by atoms with E-state index in [-0.39, 0.29) is 17.7 Å². The van der Waals surface area contributed by atoms with Gasteiger partial charge in [0.1, 0.15) is 11.3 Å². The second kappa shape index (κ2) is 7.87. The minimum atomic E-state index is -1.18. The first kappa shape index (κ1) is 20.6. The summed E-state index contributed by atoms with van der Waals surface area (Å²) in [6.45, 7) is 6.53. The van der Waals surface area contributed by atoms with Gasteiger partial charge in [0.05, 0.1) is 13.5 Å². The van der Waals surface area contributed by atoms with Crippen molar-refractivity contribution >= 4 is 23.5 Å². The second-order valence-electron chi connectivity index (χ2n) is 8.21. The van der Waals surface area contributed by atoms with Gasteiger partial charge in [-0.15, -0.1) is 0 Å². The van der Waals surface area contributed by atoms with Crippen molar-refractivity contribution in [3.8, 4) is 5.75 Å². The minimum Gasteiger partial charge on any atom is -0.496 e. The van der Waals surface area contributed by atoms with Gasteiger partial charge in [-0.3, -0.25) is 4.79 Å². The highest BCUT2D eigenvalue weighted by Gasteiger charge is 2.45. The smallest absolute Gasteiger partial charge is 0.329 e. The lowest BCUT2D eigenvalue weighted by Crippen LogP contribution is -2.57. The third-order valence-electron chi connectivity index (χ3n) is 5.45. The first-order valence-corrected chi connectivity index (χ1v) is 9.32. The van der Waals surface area contributed by atoms with Crippen molar-refractivity contribution in [3.05, 3.63) is 28.8 Å². The quantitative estimate of drug-likeness (QED) is 0.806. The van der Waals surface area contributed by atoms with E-state index in [9.17, 15) is 14.7 Å². The fourth-order valence-corrected chi connectivity index (χ4v) is 3.88. The van der Waals surface area contributed by atoms with Crippen LogP contribution in [0.25, 0.3) is 0 Å². The van der Waals surface area contributed by atoms with Crippen molar-refractivity contribution in [2.75, 3.05) is 7.11 Å². The topological polar surface area (TPSA) is 75.6 Å². The fraction of sp³-hybridized carbons (Fsp3) is 0.600. The average molecular weight is 382 g/mol. The number of carboxylic acids is 1. The number of carboxylic acid groups (broad SMARTS) is 1. The lowest BCUT2D eigenvalue weighted by Gasteiger charge is -2.42. The Morgan fingerprint density at radius 3 is 2.42 bits per heavy atom. The standard InChI is InChI=1S/C20H28ClNO4/c1-19(2,3)14-7-9-20(10-8-14,18(24)25)22-17(23)11-13-5-6-15(21)12-16(13)26-4/h5-6,12,14H,7-11H2,1-4H3,(H,22,23)(H,24,25). The zero-order valence-electron chi connectivity index (χ0n) is 15.9. The number of carbonyl (C=O) groups is 2. The van der Waals surface area contributed by atoms with Crippen molar-refractivity contribution in [1.82, 2.24) is 5.32 Å².